The molecule has 9 heteroatoms. The number of fused-ring (bicyclic) bond motifs is 1. The molecule has 1 fully saturated rings. The van der Waals surface area contributed by atoms with Crippen molar-refractivity contribution in [2.45, 2.75) is 0 Å². The van der Waals surface area contributed by atoms with Crippen LogP contribution in [0.4, 0.5) is 5.69 Å². The second-order valence-electron chi connectivity index (χ2n) is 6.01. The minimum Gasteiger partial charge on any atom is -0.311 e. The lowest BCUT2D eigenvalue weighted by Crippen LogP contribution is -2.45. The van der Waals surface area contributed by atoms with Gasteiger partial charge in [-0.25, -0.2) is 0 Å². The molecule has 4 rings (SSSR count). The van der Waals surface area contributed by atoms with Gasteiger partial charge in [-0.3, -0.25) is 19.8 Å². The molecule has 6 nitrogen and oxygen atoms in total. The van der Waals surface area contributed by atoms with Crippen LogP contribution in [-0.2, 0) is 9.59 Å². The number of nitrogens with zero attached hydrogens (tertiary/aromatic N) is 2. The van der Waals surface area contributed by atoms with E-state index in [-0.39, 0.29) is 31.3 Å². The lowest BCUT2D eigenvalue weighted by atomic mass is 10.1. The molecule has 0 aliphatic carbocycles. The van der Waals surface area contributed by atoms with Gasteiger partial charge in [-0.05, 0) is 30.4 Å². The van der Waals surface area contributed by atoms with Gasteiger partial charge in [0.25, 0.3) is 17.7 Å². The van der Waals surface area contributed by atoms with Crippen LogP contribution < -0.4 is 10.3 Å². The third-order valence-electron chi connectivity index (χ3n) is 4.38. The molecule has 2 aliphatic heterocycles. The molecule has 140 valence electrons. The van der Waals surface area contributed by atoms with E-state index in [1.54, 1.807) is 49.5 Å². The summed E-state index contributed by atoms with van der Waals surface area (Å²) in [4.78, 5) is 39.9. The fourth-order valence-corrected chi connectivity index (χ4v) is 4.48. The zero-order valence-electron chi connectivity index (χ0n) is 14.4. The van der Waals surface area contributed by atoms with Crippen LogP contribution in [-0.4, -0.2) is 34.1 Å². The summed E-state index contributed by atoms with van der Waals surface area (Å²) in [5, 5.41) is 1.23. The Balaban J connectivity index is 1.69. The first kappa shape index (κ1) is 18.7. The zero-order chi connectivity index (χ0) is 20.0. The highest BCUT2D eigenvalue weighted by atomic mass is 35.5. The standard InChI is InChI=1S/C19H12ClN3O3S2/c1-22-13-9-5-3-7-11(13)14(17(22)25)15-18(26)23(19(27)28-15)21-16(24)10-6-2-4-8-12(10)20/h2-9H,1H3,(H,21,24). The van der Waals surface area contributed by atoms with E-state index in [0.717, 1.165) is 16.8 Å². The van der Waals surface area contributed by atoms with E-state index in [9.17, 15) is 14.4 Å². The number of carbonyl (C=O) groups excluding carboxylic acids is 3. The number of hydrazine groups is 1. The van der Waals surface area contributed by atoms with Crippen LogP contribution in [0.15, 0.2) is 53.4 Å². The first-order valence-electron chi connectivity index (χ1n) is 8.13. The number of rotatable bonds is 2. The monoisotopic (exact) mass is 429 g/mol. The summed E-state index contributed by atoms with van der Waals surface area (Å²) in [6.45, 7) is 0. The predicted octanol–water partition coefficient (Wildman–Crippen LogP) is 3.23. The van der Waals surface area contributed by atoms with Gasteiger partial charge in [0.15, 0.2) is 4.32 Å². The fraction of sp³-hybridized carbons (Fsp3) is 0.0526. The number of para-hydroxylation sites is 1. The van der Waals surface area contributed by atoms with Crippen LogP contribution in [0.1, 0.15) is 15.9 Å². The number of hydrogen-bond donors (Lipinski definition) is 1. The van der Waals surface area contributed by atoms with Crippen molar-refractivity contribution in [1.82, 2.24) is 10.4 Å². The van der Waals surface area contributed by atoms with Crippen molar-refractivity contribution < 1.29 is 14.4 Å². The number of halogens is 1. The molecule has 2 aromatic carbocycles. The number of nitrogens with one attached hydrogen (secondary N) is 1. The quantitative estimate of drug-likeness (QED) is 0.586. The number of benzene rings is 2. The third-order valence-corrected chi connectivity index (χ3v) is 6.08. The second kappa shape index (κ2) is 7.05. The van der Waals surface area contributed by atoms with Crippen LogP contribution in [0.5, 0.6) is 0 Å². The molecule has 3 amide bonds. The van der Waals surface area contributed by atoms with Gasteiger partial charge in [-0.15, -0.1) is 0 Å². The smallest absolute Gasteiger partial charge is 0.286 e. The summed E-state index contributed by atoms with van der Waals surface area (Å²) < 4.78 is 0.132. The number of thioether (sulfide) groups is 1. The average molecular weight is 430 g/mol. The van der Waals surface area contributed by atoms with Gasteiger partial charge in [0.1, 0.15) is 0 Å². The highest BCUT2D eigenvalue weighted by Crippen LogP contribution is 2.43. The summed E-state index contributed by atoms with van der Waals surface area (Å²) in [5.41, 5.74) is 4.35. The SMILES string of the molecule is CN1C(=O)C(=C2SC(=S)N(NC(=O)c3ccccc3Cl)C2=O)c2ccccc21. The van der Waals surface area contributed by atoms with Crippen LogP contribution in [0.3, 0.4) is 0 Å². The van der Waals surface area contributed by atoms with Crippen LogP contribution in [0.25, 0.3) is 5.57 Å². The fourth-order valence-electron chi connectivity index (χ4n) is 3.01. The molecule has 0 bridgehead atoms. The van der Waals surface area contributed by atoms with Gasteiger partial charge in [-0.1, -0.05) is 53.7 Å². The Labute approximate surface area is 175 Å². The molecule has 1 N–H and O–H groups in total. The van der Waals surface area contributed by atoms with Crippen molar-refractivity contribution in [3.05, 3.63) is 69.6 Å². The molecule has 0 atom stereocenters. The van der Waals surface area contributed by atoms with Crippen molar-refractivity contribution in [2.75, 3.05) is 11.9 Å². The van der Waals surface area contributed by atoms with Crippen LogP contribution in [0.2, 0.25) is 5.02 Å². The van der Waals surface area contributed by atoms with E-state index < -0.39 is 11.8 Å². The number of likely N-dealkylation sites (N-methyl/N-ethyl adjacent to an activating group) is 1. The normalized spacial score (nSPS) is 18.7. The summed E-state index contributed by atoms with van der Waals surface area (Å²) in [7, 11) is 1.65. The molecular formula is C19H12ClN3O3S2. The van der Waals surface area contributed by atoms with Gasteiger partial charge in [0.05, 0.1) is 26.8 Å². The summed E-state index contributed by atoms with van der Waals surface area (Å²) >= 11 is 12.3. The average Bonchev–Trinajstić information content (AvgIpc) is 3.10. The molecule has 28 heavy (non-hydrogen) atoms. The summed E-state index contributed by atoms with van der Waals surface area (Å²) in [6, 6.07) is 13.7. The molecule has 1 saturated heterocycles. The second-order valence-corrected chi connectivity index (χ2v) is 8.07. The highest BCUT2D eigenvalue weighted by Gasteiger charge is 2.41. The molecule has 0 aromatic heterocycles. The molecule has 0 saturated carbocycles. The number of amides is 3. The van der Waals surface area contributed by atoms with E-state index in [1.807, 2.05) is 6.07 Å². The van der Waals surface area contributed by atoms with Crippen molar-refractivity contribution >= 4 is 68.9 Å². The molecule has 2 heterocycles. The van der Waals surface area contributed by atoms with Gasteiger partial charge < -0.3 is 4.90 Å². The van der Waals surface area contributed by atoms with E-state index in [2.05, 4.69) is 5.43 Å². The van der Waals surface area contributed by atoms with Crippen molar-refractivity contribution in [1.29, 1.82) is 0 Å². The van der Waals surface area contributed by atoms with E-state index in [1.165, 1.54) is 4.90 Å². The first-order chi connectivity index (χ1) is 13.4. The van der Waals surface area contributed by atoms with Crippen LogP contribution >= 0.6 is 35.6 Å². The Hall–Kier alpha value is -2.68. The topological polar surface area (TPSA) is 69.7 Å². The first-order valence-corrected chi connectivity index (χ1v) is 9.74. The minimum absolute atomic E-state index is 0.132. The Kier molecular flexibility index (Phi) is 4.70. The Morgan fingerprint density at radius 2 is 1.75 bits per heavy atom. The maximum Gasteiger partial charge on any atom is 0.286 e. The van der Waals surface area contributed by atoms with Crippen molar-refractivity contribution in [3.8, 4) is 0 Å². The summed E-state index contributed by atoms with van der Waals surface area (Å²) in [6.07, 6.45) is 0. The van der Waals surface area contributed by atoms with Gasteiger partial charge >= 0.3 is 0 Å². The molecule has 0 unspecified atom stereocenters. The minimum atomic E-state index is -0.566. The van der Waals surface area contributed by atoms with Gasteiger partial charge in [-0.2, -0.15) is 5.01 Å². The molecule has 2 aromatic rings. The maximum absolute atomic E-state index is 13.0. The maximum atomic E-state index is 13.0. The predicted molar refractivity (Wildman–Crippen MR) is 113 cm³/mol. The molecule has 0 radical (unpaired) electrons. The third kappa shape index (κ3) is 2.90. The van der Waals surface area contributed by atoms with E-state index >= 15 is 0 Å². The van der Waals surface area contributed by atoms with E-state index in [4.69, 9.17) is 23.8 Å². The van der Waals surface area contributed by atoms with Crippen LogP contribution in [0, 0.1) is 0 Å². The van der Waals surface area contributed by atoms with E-state index in [0.29, 0.717) is 11.3 Å². The highest BCUT2D eigenvalue weighted by molar-refractivity contribution is 8.26. The lowest BCUT2D eigenvalue weighted by molar-refractivity contribution is -0.124. The Morgan fingerprint density at radius 1 is 1.07 bits per heavy atom. The number of thiocarbonyl (C=S) groups is 1. The zero-order valence-corrected chi connectivity index (χ0v) is 16.8. The Bertz CT molecular complexity index is 1100. The number of carbonyl (C=O) groups is 3. The molecular weight excluding hydrogens is 418 g/mol. The van der Waals surface area contributed by atoms with Gasteiger partial charge in [0, 0.05) is 12.6 Å². The number of hydrogen-bond acceptors (Lipinski definition) is 5. The Morgan fingerprint density at radius 3 is 2.50 bits per heavy atom. The summed E-state index contributed by atoms with van der Waals surface area (Å²) in [5.74, 6) is -1.41. The number of anilines is 1. The van der Waals surface area contributed by atoms with Crippen molar-refractivity contribution in [2.24, 2.45) is 0 Å². The van der Waals surface area contributed by atoms with Gasteiger partial charge in [0.2, 0.25) is 0 Å². The molecule has 0 spiro atoms. The molecule has 2 aliphatic rings. The largest absolute Gasteiger partial charge is 0.311 e. The lowest BCUT2D eigenvalue weighted by Gasteiger charge is -2.16. The van der Waals surface area contributed by atoms with Crippen molar-refractivity contribution in [3.63, 3.8) is 0 Å².